The van der Waals surface area contributed by atoms with Gasteiger partial charge in [0.05, 0.1) is 0 Å². The molecule has 0 radical (unpaired) electrons. The van der Waals surface area contributed by atoms with Gasteiger partial charge in [-0.15, -0.1) is 0 Å². The molecule has 0 spiro atoms. The number of amides is 1. The minimum Gasteiger partial charge on any atom is -0.480 e. The smallest absolute Gasteiger partial charge is 0.326 e. The summed E-state index contributed by atoms with van der Waals surface area (Å²) in [6.07, 6.45) is 1.33. The molecule has 18 heavy (non-hydrogen) atoms. The van der Waals surface area contributed by atoms with Crippen LogP contribution in [0.1, 0.15) is 31.5 Å². The zero-order chi connectivity index (χ0) is 13.7. The van der Waals surface area contributed by atoms with Gasteiger partial charge >= 0.3 is 5.97 Å². The molecule has 0 bridgehead atoms. The van der Waals surface area contributed by atoms with Gasteiger partial charge < -0.3 is 14.5 Å². The van der Waals surface area contributed by atoms with Gasteiger partial charge in [0.2, 0.25) is 11.8 Å². The van der Waals surface area contributed by atoms with Crippen LogP contribution in [0.3, 0.4) is 0 Å². The van der Waals surface area contributed by atoms with Crippen molar-refractivity contribution in [2.45, 2.75) is 39.2 Å². The highest BCUT2D eigenvalue weighted by Crippen LogP contribution is 2.06. The first-order chi connectivity index (χ1) is 8.41. The molecule has 0 saturated carbocycles. The van der Waals surface area contributed by atoms with E-state index in [2.05, 4.69) is 10.1 Å². The number of nitrogens with zero attached hydrogens (tertiary/aromatic N) is 3. The maximum atomic E-state index is 11.7. The van der Waals surface area contributed by atoms with E-state index < -0.39 is 12.0 Å². The minimum atomic E-state index is -1.02. The molecule has 0 saturated heterocycles. The molecule has 7 heteroatoms. The monoisotopic (exact) mass is 255 g/mol. The number of carbonyl (C=O) groups is 2. The normalized spacial score (nSPS) is 12.2. The van der Waals surface area contributed by atoms with Gasteiger partial charge in [0.15, 0.2) is 5.82 Å². The van der Waals surface area contributed by atoms with Crippen LogP contribution >= 0.6 is 0 Å². The average Bonchev–Trinajstić information content (AvgIpc) is 2.72. The molecular formula is C11H17N3O4. The van der Waals surface area contributed by atoms with Crippen molar-refractivity contribution >= 4 is 11.9 Å². The van der Waals surface area contributed by atoms with Crippen molar-refractivity contribution in [2.75, 3.05) is 7.05 Å². The van der Waals surface area contributed by atoms with Crippen molar-refractivity contribution in [1.29, 1.82) is 0 Å². The Hall–Kier alpha value is -1.92. The van der Waals surface area contributed by atoms with Gasteiger partial charge in [-0.3, -0.25) is 4.79 Å². The second-order valence-electron chi connectivity index (χ2n) is 4.11. The third kappa shape index (κ3) is 3.83. The zero-order valence-electron chi connectivity index (χ0n) is 10.7. The van der Waals surface area contributed by atoms with Crippen LogP contribution in [0.2, 0.25) is 0 Å². The van der Waals surface area contributed by atoms with Crippen LogP contribution in [0.4, 0.5) is 0 Å². The fraction of sp³-hybridized carbons (Fsp3) is 0.636. The largest absolute Gasteiger partial charge is 0.480 e. The standard InChI is InChI=1S/C11H17N3O4/c1-7(11(16)17)14(3)10(15)6-4-5-9-12-8(2)13-18-9/h7H,4-6H2,1-3H3,(H,16,17). The van der Waals surface area contributed by atoms with Gasteiger partial charge in [-0.05, 0) is 20.3 Å². The predicted molar refractivity (Wildman–Crippen MR) is 61.8 cm³/mol. The van der Waals surface area contributed by atoms with Crippen LogP contribution < -0.4 is 0 Å². The first-order valence-corrected chi connectivity index (χ1v) is 5.69. The Kier molecular flexibility index (Phi) is 4.82. The molecule has 7 nitrogen and oxygen atoms in total. The number of carbonyl (C=O) groups excluding carboxylic acids is 1. The number of hydrogen-bond donors (Lipinski definition) is 1. The lowest BCUT2D eigenvalue weighted by Crippen LogP contribution is -2.40. The van der Waals surface area contributed by atoms with E-state index >= 15 is 0 Å². The Bertz CT molecular complexity index is 430. The Balaban J connectivity index is 2.35. The molecule has 0 aliphatic rings. The van der Waals surface area contributed by atoms with Crippen molar-refractivity contribution in [2.24, 2.45) is 0 Å². The van der Waals surface area contributed by atoms with Gasteiger partial charge in [-0.2, -0.15) is 4.98 Å². The summed E-state index contributed by atoms with van der Waals surface area (Å²) < 4.78 is 4.91. The molecule has 1 aromatic heterocycles. The van der Waals surface area contributed by atoms with E-state index in [1.807, 2.05) is 0 Å². The number of aryl methyl sites for hydroxylation is 2. The summed E-state index contributed by atoms with van der Waals surface area (Å²) in [4.78, 5) is 27.6. The number of rotatable bonds is 6. The molecule has 1 N–H and O–H groups in total. The van der Waals surface area contributed by atoms with Gasteiger partial charge in [0.25, 0.3) is 0 Å². The fourth-order valence-corrected chi connectivity index (χ4v) is 1.39. The van der Waals surface area contributed by atoms with Crippen LogP contribution in [-0.4, -0.2) is 45.1 Å². The van der Waals surface area contributed by atoms with Gasteiger partial charge in [-0.1, -0.05) is 5.16 Å². The molecule has 1 atom stereocenters. The summed E-state index contributed by atoms with van der Waals surface area (Å²) in [5.74, 6) is -0.165. The minimum absolute atomic E-state index is 0.207. The van der Waals surface area contributed by atoms with E-state index in [4.69, 9.17) is 9.63 Å². The SMILES string of the molecule is Cc1noc(CCCC(=O)N(C)C(C)C(=O)O)n1. The van der Waals surface area contributed by atoms with Crippen molar-refractivity contribution in [1.82, 2.24) is 15.0 Å². The second kappa shape index (κ2) is 6.13. The van der Waals surface area contributed by atoms with Crippen LogP contribution in [0, 0.1) is 6.92 Å². The number of carboxylic acid groups (broad SMARTS) is 1. The quantitative estimate of drug-likeness (QED) is 0.800. The van der Waals surface area contributed by atoms with E-state index in [1.54, 1.807) is 6.92 Å². The summed E-state index contributed by atoms with van der Waals surface area (Å²) in [6, 6.07) is -0.817. The third-order valence-corrected chi connectivity index (χ3v) is 2.68. The summed E-state index contributed by atoms with van der Waals surface area (Å²) in [7, 11) is 1.48. The Labute approximate surface area is 105 Å². The van der Waals surface area contributed by atoms with E-state index in [9.17, 15) is 9.59 Å². The molecule has 1 heterocycles. The molecular weight excluding hydrogens is 238 g/mol. The molecule has 100 valence electrons. The first kappa shape index (κ1) is 14.1. The molecule has 1 aromatic rings. The lowest BCUT2D eigenvalue weighted by molar-refractivity contribution is -0.148. The van der Waals surface area contributed by atoms with E-state index in [0.717, 1.165) is 0 Å². The number of aromatic nitrogens is 2. The van der Waals surface area contributed by atoms with Crippen molar-refractivity contribution < 1.29 is 19.2 Å². The topological polar surface area (TPSA) is 96.5 Å². The summed E-state index contributed by atoms with van der Waals surface area (Å²) in [6.45, 7) is 3.20. The van der Waals surface area contributed by atoms with Gasteiger partial charge in [-0.25, -0.2) is 4.79 Å². The van der Waals surface area contributed by atoms with Gasteiger partial charge in [0, 0.05) is 19.9 Å². The highest BCUT2D eigenvalue weighted by atomic mass is 16.5. The summed E-state index contributed by atoms with van der Waals surface area (Å²) >= 11 is 0. The summed E-state index contributed by atoms with van der Waals surface area (Å²) in [5, 5.41) is 12.4. The van der Waals surface area contributed by atoms with Crippen LogP contribution in [-0.2, 0) is 16.0 Å². The number of hydrogen-bond acceptors (Lipinski definition) is 5. The van der Waals surface area contributed by atoms with Crippen LogP contribution in [0.15, 0.2) is 4.52 Å². The lowest BCUT2D eigenvalue weighted by Gasteiger charge is -2.21. The number of likely N-dealkylation sites (N-methyl/N-ethyl adjacent to an activating group) is 1. The Morgan fingerprint density at radius 3 is 2.67 bits per heavy atom. The molecule has 0 aromatic carbocycles. The highest BCUT2D eigenvalue weighted by molar-refractivity contribution is 5.83. The maximum Gasteiger partial charge on any atom is 0.326 e. The third-order valence-electron chi connectivity index (χ3n) is 2.68. The number of aliphatic carboxylic acids is 1. The van der Waals surface area contributed by atoms with Crippen molar-refractivity contribution in [3.63, 3.8) is 0 Å². The van der Waals surface area contributed by atoms with Crippen molar-refractivity contribution in [3.05, 3.63) is 11.7 Å². The summed E-state index contributed by atoms with van der Waals surface area (Å²) in [5.41, 5.74) is 0. The Morgan fingerprint density at radius 2 is 2.17 bits per heavy atom. The van der Waals surface area contributed by atoms with Crippen LogP contribution in [0.5, 0.6) is 0 Å². The van der Waals surface area contributed by atoms with E-state index in [1.165, 1.54) is 18.9 Å². The molecule has 1 unspecified atom stereocenters. The molecule has 0 aliphatic heterocycles. The van der Waals surface area contributed by atoms with Crippen molar-refractivity contribution in [3.8, 4) is 0 Å². The maximum absolute atomic E-state index is 11.7. The van der Waals surface area contributed by atoms with E-state index in [0.29, 0.717) is 24.6 Å². The average molecular weight is 255 g/mol. The Morgan fingerprint density at radius 1 is 1.50 bits per heavy atom. The highest BCUT2D eigenvalue weighted by Gasteiger charge is 2.21. The molecule has 0 aliphatic carbocycles. The molecule has 1 amide bonds. The fourth-order valence-electron chi connectivity index (χ4n) is 1.39. The second-order valence-corrected chi connectivity index (χ2v) is 4.11. The number of carboxylic acids is 1. The molecule has 0 fully saturated rings. The van der Waals surface area contributed by atoms with E-state index in [-0.39, 0.29) is 12.3 Å². The predicted octanol–water partition coefficient (Wildman–Crippen LogP) is 0.632. The van der Waals surface area contributed by atoms with Crippen LogP contribution in [0.25, 0.3) is 0 Å². The first-order valence-electron chi connectivity index (χ1n) is 5.69. The zero-order valence-corrected chi connectivity index (χ0v) is 10.7. The lowest BCUT2D eigenvalue weighted by atomic mass is 10.2. The van der Waals surface area contributed by atoms with Gasteiger partial charge in [0.1, 0.15) is 6.04 Å². The molecule has 1 rings (SSSR count).